The van der Waals surface area contributed by atoms with E-state index in [2.05, 4.69) is 16.7 Å². The van der Waals surface area contributed by atoms with E-state index in [1.165, 1.54) is 0 Å². The Morgan fingerprint density at radius 3 is 2.33 bits per heavy atom. The molecule has 0 fully saturated rings. The first-order chi connectivity index (χ1) is 6.76. The maximum atomic E-state index is 11.6. The van der Waals surface area contributed by atoms with Crippen molar-refractivity contribution in [2.24, 2.45) is 0 Å². The lowest BCUT2D eigenvalue weighted by molar-refractivity contribution is -0.124. The van der Waals surface area contributed by atoms with Crippen molar-refractivity contribution in [2.45, 2.75) is 58.7 Å². The molecule has 0 aliphatic rings. The van der Waals surface area contributed by atoms with Crippen LogP contribution in [0.25, 0.3) is 0 Å². The van der Waals surface area contributed by atoms with Gasteiger partial charge in [0.2, 0.25) is 5.91 Å². The van der Waals surface area contributed by atoms with Crippen molar-refractivity contribution >= 4 is 5.91 Å². The number of carbonyl (C=O) groups excluding carboxylic acids is 1. The van der Waals surface area contributed by atoms with Crippen molar-refractivity contribution < 1.29 is 4.79 Å². The Morgan fingerprint density at radius 1 is 1.40 bits per heavy atom. The fourth-order valence-corrected chi connectivity index (χ4v) is 1.18. The number of nitriles is 1. The molecule has 0 aromatic rings. The van der Waals surface area contributed by atoms with Gasteiger partial charge in [-0.05, 0) is 34.6 Å². The minimum absolute atomic E-state index is 0.0349. The fraction of sp³-hybridized carbons (Fsp3) is 0.818. The molecule has 0 radical (unpaired) electrons. The number of carbonyl (C=O) groups is 1. The maximum Gasteiger partial charge on any atom is 0.237 e. The van der Waals surface area contributed by atoms with Crippen LogP contribution in [0.1, 0.15) is 41.0 Å². The molecule has 4 heteroatoms. The van der Waals surface area contributed by atoms with E-state index in [0.717, 1.165) is 0 Å². The SMILES string of the molecule is CC(CC#N)NC(C)C(=O)NC(C)(C)C. The zero-order valence-corrected chi connectivity index (χ0v) is 10.2. The molecular formula is C11H21N3O. The van der Waals surface area contributed by atoms with Crippen LogP contribution >= 0.6 is 0 Å². The summed E-state index contributed by atoms with van der Waals surface area (Å²) in [7, 11) is 0. The number of hydrogen-bond donors (Lipinski definition) is 2. The van der Waals surface area contributed by atoms with Gasteiger partial charge in [-0.1, -0.05) is 0 Å². The average molecular weight is 211 g/mol. The molecule has 0 saturated carbocycles. The first-order valence-corrected chi connectivity index (χ1v) is 5.21. The van der Waals surface area contributed by atoms with Gasteiger partial charge in [-0.15, -0.1) is 0 Å². The van der Waals surface area contributed by atoms with Crippen molar-refractivity contribution in [3.63, 3.8) is 0 Å². The maximum absolute atomic E-state index is 11.6. The number of nitrogens with zero attached hydrogens (tertiary/aromatic N) is 1. The molecule has 0 aromatic heterocycles. The van der Waals surface area contributed by atoms with Crippen molar-refractivity contribution in [3.8, 4) is 6.07 Å². The summed E-state index contributed by atoms with van der Waals surface area (Å²) < 4.78 is 0. The Bertz CT molecular complexity index is 250. The van der Waals surface area contributed by atoms with E-state index in [1.807, 2.05) is 27.7 Å². The molecule has 0 rings (SSSR count). The molecule has 0 aliphatic heterocycles. The van der Waals surface area contributed by atoms with E-state index in [4.69, 9.17) is 5.26 Å². The third kappa shape index (κ3) is 6.92. The minimum atomic E-state index is -0.271. The van der Waals surface area contributed by atoms with Gasteiger partial charge in [0.1, 0.15) is 0 Å². The molecular weight excluding hydrogens is 190 g/mol. The van der Waals surface area contributed by atoms with Crippen LogP contribution in [0.15, 0.2) is 0 Å². The molecule has 2 atom stereocenters. The van der Waals surface area contributed by atoms with Crippen molar-refractivity contribution in [1.82, 2.24) is 10.6 Å². The normalized spacial score (nSPS) is 15.2. The molecule has 1 amide bonds. The number of amides is 1. The van der Waals surface area contributed by atoms with Crippen LogP contribution in [0.4, 0.5) is 0 Å². The van der Waals surface area contributed by atoms with E-state index in [9.17, 15) is 4.79 Å². The highest BCUT2D eigenvalue weighted by molar-refractivity contribution is 5.81. The molecule has 2 N–H and O–H groups in total. The fourth-order valence-electron chi connectivity index (χ4n) is 1.18. The van der Waals surface area contributed by atoms with Gasteiger partial charge in [0.15, 0.2) is 0 Å². The highest BCUT2D eigenvalue weighted by Crippen LogP contribution is 2.00. The second-order valence-electron chi connectivity index (χ2n) is 4.89. The average Bonchev–Trinajstić information content (AvgIpc) is 2.00. The van der Waals surface area contributed by atoms with E-state index >= 15 is 0 Å². The molecule has 0 heterocycles. The minimum Gasteiger partial charge on any atom is -0.350 e. The van der Waals surface area contributed by atoms with E-state index < -0.39 is 0 Å². The van der Waals surface area contributed by atoms with Crippen LogP contribution in [0.3, 0.4) is 0 Å². The van der Waals surface area contributed by atoms with Crippen molar-refractivity contribution in [1.29, 1.82) is 5.26 Å². The van der Waals surface area contributed by atoms with Gasteiger partial charge in [0.25, 0.3) is 0 Å². The van der Waals surface area contributed by atoms with Gasteiger partial charge in [-0.2, -0.15) is 5.26 Å². The molecule has 0 aliphatic carbocycles. The van der Waals surface area contributed by atoms with Crippen LogP contribution < -0.4 is 10.6 Å². The number of nitrogens with one attached hydrogen (secondary N) is 2. The second kappa shape index (κ2) is 5.72. The van der Waals surface area contributed by atoms with Gasteiger partial charge >= 0.3 is 0 Å². The highest BCUT2D eigenvalue weighted by atomic mass is 16.2. The molecule has 0 aromatic carbocycles. The first-order valence-electron chi connectivity index (χ1n) is 5.21. The Morgan fingerprint density at radius 2 is 1.93 bits per heavy atom. The highest BCUT2D eigenvalue weighted by Gasteiger charge is 2.19. The largest absolute Gasteiger partial charge is 0.350 e. The lowest BCUT2D eigenvalue weighted by atomic mass is 10.1. The summed E-state index contributed by atoms with van der Waals surface area (Å²) in [5.41, 5.74) is -0.217. The van der Waals surface area contributed by atoms with E-state index in [-0.39, 0.29) is 23.5 Å². The van der Waals surface area contributed by atoms with Crippen LogP contribution in [0.2, 0.25) is 0 Å². The molecule has 4 nitrogen and oxygen atoms in total. The predicted octanol–water partition coefficient (Wildman–Crippen LogP) is 1.18. The Labute approximate surface area is 92.0 Å². The van der Waals surface area contributed by atoms with Gasteiger partial charge in [-0.3, -0.25) is 4.79 Å². The molecule has 86 valence electrons. The Hall–Kier alpha value is -1.08. The van der Waals surface area contributed by atoms with Crippen LogP contribution in [-0.2, 0) is 4.79 Å². The lowest BCUT2D eigenvalue weighted by Gasteiger charge is -2.25. The Kier molecular flexibility index (Phi) is 5.31. The third-order valence-corrected chi connectivity index (χ3v) is 1.82. The summed E-state index contributed by atoms with van der Waals surface area (Å²) in [6.07, 6.45) is 0.410. The van der Waals surface area contributed by atoms with Crippen LogP contribution in [0, 0.1) is 11.3 Å². The third-order valence-electron chi connectivity index (χ3n) is 1.82. The Balaban J connectivity index is 4.06. The smallest absolute Gasteiger partial charge is 0.237 e. The predicted molar refractivity (Wildman–Crippen MR) is 60.2 cm³/mol. The summed E-state index contributed by atoms with van der Waals surface area (Å²) >= 11 is 0. The zero-order valence-electron chi connectivity index (χ0n) is 10.2. The molecule has 0 saturated heterocycles. The number of rotatable bonds is 4. The second-order valence-corrected chi connectivity index (χ2v) is 4.89. The lowest BCUT2D eigenvalue weighted by Crippen LogP contribution is -2.51. The standard InChI is InChI=1S/C11H21N3O/c1-8(6-7-12)13-9(2)10(15)14-11(3,4)5/h8-9,13H,6H2,1-5H3,(H,14,15). The summed E-state index contributed by atoms with van der Waals surface area (Å²) in [5, 5.41) is 14.4. The molecule has 15 heavy (non-hydrogen) atoms. The first kappa shape index (κ1) is 13.9. The summed E-state index contributed by atoms with van der Waals surface area (Å²) in [6, 6.07) is 1.83. The van der Waals surface area contributed by atoms with Gasteiger partial charge < -0.3 is 10.6 Å². The monoisotopic (exact) mass is 211 g/mol. The van der Waals surface area contributed by atoms with Crippen LogP contribution in [-0.4, -0.2) is 23.5 Å². The zero-order chi connectivity index (χ0) is 12.1. The van der Waals surface area contributed by atoms with E-state index in [0.29, 0.717) is 6.42 Å². The van der Waals surface area contributed by atoms with Crippen molar-refractivity contribution in [2.75, 3.05) is 0 Å². The summed E-state index contributed by atoms with van der Waals surface area (Å²) in [5.74, 6) is -0.0349. The summed E-state index contributed by atoms with van der Waals surface area (Å²) in [6.45, 7) is 9.52. The van der Waals surface area contributed by atoms with Crippen molar-refractivity contribution in [3.05, 3.63) is 0 Å². The number of hydrogen-bond acceptors (Lipinski definition) is 3. The quantitative estimate of drug-likeness (QED) is 0.734. The van der Waals surface area contributed by atoms with Gasteiger partial charge in [-0.25, -0.2) is 0 Å². The van der Waals surface area contributed by atoms with Gasteiger partial charge in [0, 0.05) is 11.6 Å². The topological polar surface area (TPSA) is 64.9 Å². The van der Waals surface area contributed by atoms with E-state index in [1.54, 1.807) is 6.92 Å². The summed E-state index contributed by atoms with van der Waals surface area (Å²) in [4.78, 5) is 11.6. The van der Waals surface area contributed by atoms with Gasteiger partial charge in [0.05, 0.1) is 18.5 Å². The molecule has 0 spiro atoms. The molecule has 2 unspecified atom stereocenters. The molecule has 0 bridgehead atoms. The van der Waals surface area contributed by atoms with Crippen LogP contribution in [0.5, 0.6) is 0 Å².